The molecule has 0 aromatic carbocycles. The van der Waals surface area contributed by atoms with E-state index in [0.717, 1.165) is 6.42 Å². The predicted octanol–water partition coefficient (Wildman–Crippen LogP) is 3.31. The Hall–Kier alpha value is -0.590. The molecule has 0 amide bonds. The Bertz CT molecular complexity index is 269. The van der Waals surface area contributed by atoms with Crippen LogP contribution in [0.4, 0.5) is 0 Å². The van der Waals surface area contributed by atoms with Crippen LogP contribution in [0.3, 0.4) is 0 Å². The van der Waals surface area contributed by atoms with Gasteiger partial charge in [-0.2, -0.15) is 0 Å². The van der Waals surface area contributed by atoms with Crippen molar-refractivity contribution in [2.24, 2.45) is 11.3 Å². The van der Waals surface area contributed by atoms with Crippen LogP contribution in [0.1, 0.15) is 46.0 Å². The maximum Gasteiger partial charge on any atom is 0.137 e. The van der Waals surface area contributed by atoms with Crippen LogP contribution in [-0.2, 0) is 4.79 Å². The number of hydrogen-bond acceptors (Lipinski definition) is 1. The van der Waals surface area contributed by atoms with Gasteiger partial charge < -0.3 is 0 Å². The van der Waals surface area contributed by atoms with Crippen LogP contribution in [0.25, 0.3) is 0 Å². The summed E-state index contributed by atoms with van der Waals surface area (Å²) in [5.41, 5.74) is 1.59. The third-order valence-electron chi connectivity index (χ3n) is 3.98. The number of carbonyl (C=O) groups excluding carboxylic acids is 1. The largest absolute Gasteiger partial charge is 0.299 e. The molecule has 0 N–H and O–H groups in total. The van der Waals surface area contributed by atoms with Gasteiger partial charge in [-0.1, -0.05) is 24.5 Å². The van der Waals surface area contributed by atoms with Crippen molar-refractivity contribution in [3.8, 4) is 0 Å². The Kier molecular flexibility index (Phi) is 2.50. The SMILES string of the molecule is CC(=O)C1C(C)=C[CH]CC12CCCC2. The van der Waals surface area contributed by atoms with Gasteiger partial charge in [-0.3, -0.25) is 4.79 Å². The van der Waals surface area contributed by atoms with E-state index in [0.29, 0.717) is 11.2 Å². The van der Waals surface area contributed by atoms with Gasteiger partial charge in [0.2, 0.25) is 0 Å². The summed E-state index contributed by atoms with van der Waals surface area (Å²) in [6, 6.07) is 0. The first-order valence-corrected chi connectivity index (χ1v) is 5.66. The van der Waals surface area contributed by atoms with Gasteiger partial charge in [-0.15, -0.1) is 0 Å². The van der Waals surface area contributed by atoms with E-state index in [4.69, 9.17) is 0 Å². The molecule has 2 rings (SSSR count). The van der Waals surface area contributed by atoms with E-state index in [1.807, 2.05) is 0 Å². The second kappa shape index (κ2) is 3.52. The fourth-order valence-electron chi connectivity index (χ4n) is 3.50. The van der Waals surface area contributed by atoms with Gasteiger partial charge in [0.25, 0.3) is 0 Å². The van der Waals surface area contributed by atoms with Crippen molar-refractivity contribution >= 4 is 5.78 Å². The molecule has 0 saturated heterocycles. The number of allylic oxidation sites excluding steroid dienone is 2. The molecule has 1 spiro atoms. The molecule has 1 saturated carbocycles. The lowest BCUT2D eigenvalue weighted by Gasteiger charge is -2.39. The van der Waals surface area contributed by atoms with E-state index in [-0.39, 0.29) is 5.92 Å². The molecule has 0 aromatic rings. The summed E-state index contributed by atoms with van der Waals surface area (Å²) in [5, 5.41) is 0. The highest BCUT2D eigenvalue weighted by molar-refractivity contribution is 5.82. The third kappa shape index (κ3) is 1.43. The molecule has 77 valence electrons. The minimum absolute atomic E-state index is 0.218. The molecule has 0 bridgehead atoms. The first-order valence-electron chi connectivity index (χ1n) is 5.66. The molecular formula is C13H19O. The molecule has 2 aliphatic carbocycles. The Morgan fingerprint density at radius 3 is 2.64 bits per heavy atom. The highest BCUT2D eigenvalue weighted by atomic mass is 16.1. The van der Waals surface area contributed by atoms with E-state index >= 15 is 0 Å². The molecule has 1 nitrogen and oxygen atoms in total. The lowest BCUT2D eigenvalue weighted by molar-refractivity contribution is -0.123. The van der Waals surface area contributed by atoms with Gasteiger partial charge in [0.1, 0.15) is 5.78 Å². The Morgan fingerprint density at radius 1 is 1.43 bits per heavy atom. The highest BCUT2D eigenvalue weighted by Gasteiger charge is 2.45. The van der Waals surface area contributed by atoms with E-state index in [1.54, 1.807) is 6.92 Å². The topological polar surface area (TPSA) is 17.1 Å². The van der Waals surface area contributed by atoms with Crippen molar-refractivity contribution in [2.45, 2.75) is 46.0 Å². The van der Waals surface area contributed by atoms with Gasteiger partial charge >= 0.3 is 0 Å². The Labute approximate surface area is 86.6 Å². The van der Waals surface area contributed by atoms with Crippen LogP contribution in [0.5, 0.6) is 0 Å². The zero-order chi connectivity index (χ0) is 10.2. The molecule has 1 atom stereocenters. The number of Topliss-reactive ketones (excluding diaryl/α,β-unsaturated/α-hetero) is 1. The first kappa shape index (κ1) is 9.95. The molecule has 1 heteroatoms. The zero-order valence-corrected chi connectivity index (χ0v) is 9.18. The van der Waals surface area contributed by atoms with Crippen molar-refractivity contribution in [1.29, 1.82) is 0 Å². The van der Waals surface area contributed by atoms with Crippen LogP contribution >= 0.6 is 0 Å². The molecular weight excluding hydrogens is 172 g/mol. The fourth-order valence-corrected chi connectivity index (χ4v) is 3.50. The first-order chi connectivity index (χ1) is 6.66. The molecule has 1 radical (unpaired) electrons. The maximum atomic E-state index is 11.7. The van der Waals surface area contributed by atoms with E-state index < -0.39 is 0 Å². The quantitative estimate of drug-likeness (QED) is 0.621. The molecule has 14 heavy (non-hydrogen) atoms. The average Bonchev–Trinajstić information content (AvgIpc) is 2.53. The monoisotopic (exact) mass is 191 g/mol. The van der Waals surface area contributed by atoms with Crippen LogP contribution in [0.2, 0.25) is 0 Å². The lowest BCUT2D eigenvalue weighted by atomic mass is 9.64. The number of ketones is 1. The van der Waals surface area contributed by atoms with Gasteiger partial charge in [-0.25, -0.2) is 0 Å². The molecule has 2 aliphatic rings. The van der Waals surface area contributed by atoms with E-state index in [2.05, 4.69) is 19.4 Å². The normalized spacial score (nSPS) is 30.4. The summed E-state index contributed by atoms with van der Waals surface area (Å²) in [6.07, 6.45) is 10.7. The standard InChI is InChI=1S/C13H19O/c1-10-6-5-9-13(7-3-4-8-13)12(10)11(2)14/h5-6,12H,3-4,7-9H2,1-2H3. The lowest BCUT2D eigenvalue weighted by Crippen LogP contribution is -2.35. The molecule has 1 fully saturated rings. The maximum absolute atomic E-state index is 11.7. The minimum Gasteiger partial charge on any atom is -0.299 e. The highest BCUT2D eigenvalue weighted by Crippen LogP contribution is 2.52. The average molecular weight is 191 g/mol. The summed E-state index contributed by atoms with van der Waals surface area (Å²) in [4.78, 5) is 11.7. The van der Waals surface area contributed by atoms with Crippen molar-refractivity contribution in [3.63, 3.8) is 0 Å². The molecule has 0 aromatic heterocycles. The predicted molar refractivity (Wildman–Crippen MR) is 57.7 cm³/mol. The second-order valence-corrected chi connectivity index (χ2v) is 4.96. The fraction of sp³-hybridized carbons (Fsp3) is 0.692. The second-order valence-electron chi connectivity index (χ2n) is 4.96. The molecule has 0 heterocycles. The summed E-state index contributed by atoms with van der Waals surface area (Å²) < 4.78 is 0. The number of rotatable bonds is 1. The van der Waals surface area contributed by atoms with Crippen LogP contribution in [-0.4, -0.2) is 5.78 Å². The van der Waals surface area contributed by atoms with Crippen LogP contribution in [0, 0.1) is 17.8 Å². The summed E-state index contributed by atoms with van der Waals surface area (Å²) in [7, 11) is 0. The van der Waals surface area contributed by atoms with Gasteiger partial charge in [0.15, 0.2) is 0 Å². The van der Waals surface area contributed by atoms with Crippen molar-refractivity contribution in [2.75, 3.05) is 0 Å². The van der Waals surface area contributed by atoms with Crippen molar-refractivity contribution in [3.05, 3.63) is 18.1 Å². The van der Waals surface area contributed by atoms with Crippen LogP contribution in [0.15, 0.2) is 11.6 Å². The minimum atomic E-state index is 0.218. The number of hydrogen-bond donors (Lipinski definition) is 0. The van der Waals surface area contributed by atoms with Gasteiger partial charge in [0.05, 0.1) is 0 Å². The molecule has 1 unspecified atom stereocenters. The number of carbonyl (C=O) groups is 1. The zero-order valence-electron chi connectivity index (χ0n) is 9.18. The van der Waals surface area contributed by atoms with E-state index in [9.17, 15) is 4.79 Å². The summed E-state index contributed by atoms with van der Waals surface area (Å²) in [5.74, 6) is 0.587. The Balaban J connectivity index is 2.32. The molecule has 0 aliphatic heterocycles. The van der Waals surface area contributed by atoms with E-state index in [1.165, 1.54) is 31.3 Å². The Morgan fingerprint density at radius 2 is 2.07 bits per heavy atom. The summed E-state index contributed by atoms with van der Waals surface area (Å²) in [6.45, 7) is 3.87. The summed E-state index contributed by atoms with van der Waals surface area (Å²) >= 11 is 0. The van der Waals surface area contributed by atoms with Gasteiger partial charge in [0, 0.05) is 5.92 Å². The van der Waals surface area contributed by atoms with Gasteiger partial charge in [-0.05, 0) is 44.9 Å². The smallest absolute Gasteiger partial charge is 0.137 e. The van der Waals surface area contributed by atoms with Crippen molar-refractivity contribution < 1.29 is 4.79 Å². The van der Waals surface area contributed by atoms with Crippen molar-refractivity contribution in [1.82, 2.24) is 0 Å². The third-order valence-corrected chi connectivity index (χ3v) is 3.98. The van der Waals surface area contributed by atoms with Crippen LogP contribution < -0.4 is 0 Å².